The topological polar surface area (TPSA) is 66.4 Å². The molecule has 1 saturated heterocycles. The van der Waals surface area contributed by atoms with Gasteiger partial charge in [0.15, 0.2) is 0 Å². The molecule has 1 saturated carbocycles. The monoisotopic (exact) mass is 324 g/mol. The first-order valence-electron chi connectivity index (χ1n) is 7.12. The third-order valence-corrected chi connectivity index (χ3v) is 6.68. The molecule has 0 atom stereocenters. The molecule has 0 N–H and O–H groups in total. The highest BCUT2D eigenvalue weighted by molar-refractivity contribution is 7.89. The molecule has 4 rings (SSSR count). The van der Waals surface area contributed by atoms with Crippen LogP contribution in [0.5, 0.6) is 0 Å². The molecule has 2 fully saturated rings. The van der Waals surface area contributed by atoms with Crippen LogP contribution >= 0.6 is 11.7 Å². The molecule has 0 unspecified atom stereocenters. The largest absolute Gasteiger partial charge is 0.298 e. The van der Waals surface area contributed by atoms with Gasteiger partial charge in [-0.2, -0.15) is 13.1 Å². The lowest BCUT2D eigenvalue weighted by Crippen LogP contribution is -2.49. The van der Waals surface area contributed by atoms with Gasteiger partial charge in [-0.15, -0.1) is 0 Å². The summed E-state index contributed by atoms with van der Waals surface area (Å²) < 4.78 is 35.5. The molecule has 2 aromatic rings. The van der Waals surface area contributed by atoms with Gasteiger partial charge in [0.25, 0.3) is 0 Å². The van der Waals surface area contributed by atoms with Crippen LogP contribution in [-0.4, -0.2) is 58.6 Å². The predicted octanol–water partition coefficient (Wildman–Crippen LogP) is 1.16. The maximum absolute atomic E-state index is 12.8. The lowest BCUT2D eigenvalue weighted by Gasteiger charge is -2.34. The van der Waals surface area contributed by atoms with E-state index >= 15 is 0 Å². The molecular formula is C13H16N4O2S2. The number of rotatable bonds is 3. The number of hydrogen-bond donors (Lipinski definition) is 0. The Morgan fingerprint density at radius 2 is 1.86 bits per heavy atom. The summed E-state index contributed by atoms with van der Waals surface area (Å²) in [4.78, 5) is 2.69. The van der Waals surface area contributed by atoms with E-state index in [1.54, 1.807) is 22.5 Å². The highest BCUT2D eigenvalue weighted by atomic mass is 32.2. The third-order valence-electron chi connectivity index (χ3n) is 4.20. The Balaban J connectivity index is 1.62. The van der Waals surface area contributed by atoms with Crippen molar-refractivity contribution in [2.24, 2.45) is 0 Å². The number of aromatic nitrogens is 2. The van der Waals surface area contributed by atoms with Crippen LogP contribution in [0.1, 0.15) is 12.8 Å². The number of nitrogens with zero attached hydrogens (tertiary/aromatic N) is 4. The molecule has 21 heavy (non-hydrogen) atoms. The molecule has 112 valence electrons. The molecule has 1 aliphatic carbocycles. The second kappa shape index (κ2) is 4.98. The number of benzene rings is 1. The van der Waals surface area contributed by atoms with E-state index < -0.39 is 10.0 Å². The van der Waals surface area contributed by atoms with Crippen molar-refractivity contribution >= 4 is 32.8 Å². The molecule has 6 nitrogen and oxygen atoms in total. The second-order valence-corrected chi connectivity index (χ2v) is 7.99. The highest BCUT2D eigenvalue weighted by Crippen LogP contribution is 2.29. The normalized spacial score (nSPS) is 21.9. The van der Waals surface area contributed by atoms with Crippen molar-refractivity contribution in [3.8, 4) is 0 Å². The zero-order chi connectivity index (χ0) is 14.4. The summed E-state index contributed by atoms with van der Waals surface area (Å²) in [6.07, 6.45) is 2.52. The highest BCUT2D eigenvalue weighted by Gasteiger charge is 2.35. The van der Waals surface area contributed by atoms with Crippen LogP contribution in [0.2, 0.25) is 0 Å². The predicted molar refractivity (Wildman–Crippen MR) is 80.8 cm³/mol. The molecule has 8 heteroatoms. The van der Waals surface area contributed by atoms with Crippen molar-refractivity contribution in [3.05, 3.63) is 18.2 Å². The number of piperazine rings is 1. The van der Waals surface area contributed by atoms with E-state index in [4.69, 9.17) is 0 Å². The smallest absolute Gasteiger partial charge is 0.245 e. The van der Waals surface area contributed by atoms with Crippen molar-refractivity contribution in [2.45, 2.75) is 23.8 Å². The minimum atomic E-state index is -3.48. The van der Waals surface area contributed by atoms with Gasteiger partial charge in [0.2, 0.25) is 10.0 Å². The molecule has 2 heterocycles. The first-order chi connectivity index (χ1) is 10.2. The lowest BCUT2D eigenvalue weighted by atomic mass is 10.3. The fraction of sp³-hybridized carbons (Fsp3) is 0.538. The SMILES string of the molecule is O=S(=O)(c1cccc2nsnc12)N1CCN(C2CC2)CC1. The standard InChI is InChI=1S/C13H16N4O2S2/c18-21(19,12-3-1-2-11-13(12)15-20-14-11)17-8-6-16(7-9-17)10-4-5-10/h1-3,10H,4-9H2. The summed E-state index contributed by atoms with van der Waals surface area (Å²) in [6.45, 7) is 2.78. The van der Waals surface area contributed by atoms with E-state index in [0.717, 1.165) is 24.8 Å². The summed E-state index contributed by atoms with van der Waals surface area (Å²) in [7, 11) is -3.48. The summed E-state index contributed by atoms with van der Waals surface area (Å²) >= 11 is 1.05. The van der Waals surface area contributed by atoms with Crippen LogP contribution in [-0.2, 0) is 10.0 Å². The summed E-state index contributed by atoms with van der Waals surface area (Å²) in [5, 5.41) is 0. The third kappa shape index (κ3) is 2.36. The van der Waals surface area contributed by atoms with Crippen LogP contribution in [0.15, 0.2) is 23.1 Å². The van der Waals surface area contributed by atoms with E-state index in [0.29, 0.717) is 30.2 Å². The van der Waals surface area contributed by atoms with Crippen LogP contribution in [0.25, 0.3) is 11.0 Å². The van der Waals surface area contributed by atoms with Crippen molar-refractivity contribution in [1.29, 1.82) is 0 Å². The van der Waals surface area contributed by atoms with Gasteiger partial charge in [0.1, 0.15) is 15.9 Å². The van der Waals surface area contributed by atoms with Gasteiger partial charge in [-0.25, -0.2) is 8.42 Å². The van der Waals surface area contributed by atoms with Gasteiger partial charge >= 0.3 is 0 Å². The molecule has 1 aromatic heterocycles. The number of hydrogen-bond acceptors (Lipinski definition) is 6. The van der Waals surface area contributed by atoms with E-state index in [1.807, 2.05) is 0 Å². The Bertz CT molecular complexity index is 761. The zero-order valence-corrected chi connectivity index (χ0v) is 13.1. The quantitative estimate of drug-likeness (QED) is 0.847. The van der Waals surface area contributed by atoms with Crippen molar-refractivity contribution < 1.29 is 8.42 Å². The van der Waals surface area contributed by atoms with Crippen molar-refractivity contribution in [1.82, 2.24) is 18.0 Å². The molecular weight excluding hydrogens is 308 g/mol. The van der Waals surface area contributed by atoms with Crippen molar-refractivity contribution in [2.75, 3.05) is 26.2 Å². The molecule has 0 radical (unpaired) electrons. The molecule has 0 spiro atoms. The van der Waals surface area contributed by atoms with Gasteiger partial charge in [0, 0.05) is 32.2 Å². The van der Waals surface area contributed by atoms with Crippen LogP contribution < -0.4 is 0 Å². The van der Waals surface area contributed by atoms with Crippen LogP contribution in [0.3, 0.4) is 0 Å². The van der Waals surface area contributed by atoms with Gasteiger partial charge in [-0.3, -0.25) is 4.90 Å². The Labute approximate surface area is 127 Å². The van der Waals surface area contributed by atoms with Gasteiger partial charge in [-0.1, -0.05) is 6.07 Å². The average Bonchev–Trinajstić information content (AvgIpc) is 3.24. The first-order valence-corrected chi connectivity index (χ1v) is 9.29. The fourth-order valence-electron chi connectivity index (χ4n) is 2.88. The summed E-state index contributed by atoms with van der Waals surface area (Å²) in [5.41, 5.74) is 1.14. The first kappa shape index (κ1) is 13.6. The Hall–Kier alpha value is -1.09. The Kier molecular flexibility index (Phi) is 3.21. The van der Waals surface area contributed by atoms with Gasteiger partial charge < -0.3 is 0 Å². The minimum Gasteiger partial charge on any atom is -0.298 e. The summed E-state index contributed by atoms with van der Waals surface area (Å²) in [5.74, 6) is 0. The van der Waals surface area contributed by atoms with Crippen molar-refractivity contribution in [3.63, 3.8) is 0 Å². The maximum Gasteiger partial charge on any atom is 0.245 e. The Morgan fingerprint density at radius 1 is 1.10 bits per heavy atom. The van der Waals surface area contributed by atoms with E-state index in [9.17, 15) is 8.42 Å². The van der Waals surface area contributed by atoms with Crippen LogP contribution in [0, 0.1) is 0 Å². The molecule has 1 aliphatic heterocycles. The molecule has 0 amide bonds. The zero-order valence-electron chi connectivity index (χ0n) is 11.5. The molecule has 2 aliphatic rings. The number of sulfonamides is 1. The van der Waals surface area contributed by atoms with E-state index in [2.05, 4.69) is 13.6 Å². The second-order valence-electron chi connectivity index (χ2n) is 5.56. The summed E-state index contributed by atoms with van der Waals surface area (Å²) in [6, 6.07) is 5.85. The van der Waals surface area contributed by atoms with Crippen LogP contribution in [0.4, 0.5) is 0 Å². The average molecular weight is 324 g/mol. The molecule has 1 aromatic carbocycles. The lowest BCUT2D eigenvalue weighted by molar-refractivity contribution is 0.180. The Morgan fingerprint density at radius 3 is 2.57 bits per heavy atom. The molecule has 0 bridgehead atoms. The van der Waals surface area contributed by atoms with Gasteiger partial charge in [0.05, 0.1) is 11.7 Å². The van der Waals surface area contributed by atoms with Gasteiger partial charge in [-0.05, 0) is 25.0 Å². The van der Waals surface area contributed by atoms with E-state index in [1.165, 1.54) is 12.8 Å². The fourth-order valence-corrected chi connectivity index (χ4v) is 5.05. The minimum absolute atomic E-state index is 0.286. The maximum atomic E-state index is 12.8. The number of fused-ring (bicyclic) bond motifs is 1. The van der Waals surface area contributed by atoms with E-state index in [-0.39, 0.29) is 4.90 Å².